The number of methoxy groups -OCH3 is 2. The zero-order valence-electron chi connectivity index (χ0n) is 16.8. The van der Waals surface area contributed by atoms with Crippen LogP contribution in [0, 0.1) is 0 Å². The number of carbonyl (C=O) groups excluding carboxylic acids is 2. The van der Waals surface area contributed by atoms with Crippen LogP contribution in [0.15, 0.2) is 41.8 Å². The van der Waals surface area contributed by atoms with Crippen molar-refractivity contribution in [3.05, 3.63) is 58.6 Å². The number of ether oxygens (including phenoxy) is 2. The molecule has 162 valence electrons. The van der Waals surface area contributed by atoms with Gasteiger partial charge in [0.05, 0.1) is 31.0 Å². The van der Waals surface area contributed by atoms with E-state index in [0.717, 1.165) is 0 Å². The Kier molecular flexibility index (Phi) is 6.93. The highest BCUT2D eigenvalue weighted by Crippen LogP contribution is 2.25. The second-order valence-electron chi connectivity index (χ2n) is 6.37. The summed E-state index contributed by atoms with van der Waals surface area (Å²) >= 11 is 1.24. The summed E-state index contributed by atoms with van der Waals surface area (Å²) in [4.78, 5) is 29.2. The number of hydrogen-bond donors (Lipinski definition) is 4. The Bertz CT molecular complexity index is 1100. The van der Waals surface area contributed by atoms with Crippen LogP contribution >= 0.6 is 11.3 Å². The molecule has 0 aliphatic heterocycles. The number of rotatable bonds is 8. The molecule has 1 aromatic heterocycles. The largest absolute Gasteiger partial charge is 0.508 e. The third-order valence-electron chi connectivity index (χ3n) is 4.29. The normalized spacial score (nSPS) is 10.4. The molecule has 0 fully saturated rings. The maximum atomic E-state index is 12.5. The molecular weight excluding hydrogens is 422 g/mol. The minimum absolute atomic E-state index is 0.0331. The van der Waals surface area contributed by atoms with Gasteiger partial charge < -0.3 is 25.0 Å². The fraction of sp³-hybridized carbons (Fsp3) is 0.190. The minimum atomic E-state index is -0.460. The van der Waals surface area contributed by atoms with Gasteiger partial charge in [0.1, 0.15) is 23.0 Å². The van der Waals surface area contributed by atoms with Crippen LogP contribution in [0.1, 0.15) is 26.4 Å². The van der Waals surface area contributed by atoms with Crippen molar-refractivity contribution in [2.45, 2.75) is 6.42 Å². The number of phenolic OH excluding ortho intramolecular Hbond substituents is 2. The lowest BCUT2D eigenvalue weighted by Crippen LogP contribution is -2.26. The molecule has 1 heterocycles. The summed E-state index contributed by atoms with van der Waals surface area (Å²) < 4.78 is 10.3. The second kappa shape index (κ2) is 9.81. The molecule has 0 unspecified atom stereocenters. The number of benzene rings is 2. The number of anilines is 1. The molecule has 3 aromatic rings. The molecule has 0 radical (unpaired) electrons. The molecule has 0 bridgehead atoms. The molecule has 4 N–H and O–H groups in total. The van der Waals surface area contributed by atoms with E-state index in [1.54, 1.807) is 5.38 Å². The predicted octanol–water partition coefficient (Wildman–Crippen LogP) is 2.80. The first kappa shape index (κ1) is 21.9. The van der Waals surface area contributed by atoms with E-state index in [2.05, 4.69) is 15.6 Å². The summed E-state index contributed by atoms with van der Waals surface area (Å²) in [5.74, 6) is -0.238. The molecule has 0 atom stereocenters. The van der Waals surface area contributed by atoms with Crippen LogP contribution in [0.5, 0.6) is 23.0 Å². The number of nitrogens with zero attached hydrogens (tertiary/aromatic N) is 1. The van der Waals surface area contributed by atoms with E-state index < -0.39 is 5.91 Å². The topological polar surface area (TPSA) is 130 Å². The number of carbonyl (C=O) groups is 2. The summed E-state index contributed by atoms with van der Waals surface area (Å²) in [6.07, 6.45) is 0.439. The summed E-state index contributed by atoms with van der Waals surface area (Å²) in [6, 6.07) is 8.53. The van der Waals surface area contributed by atoms with Gasteiger partial charge in [0, 0.05) is 18.3 Å². The zero-order chi connectivity index (χ0) is 22.4. The lowest BCUT2D eigenvalue weighted by atomic mass is 10.1. The van der Waals surface area contributed by atoms with Crippen molar-refractivity contribution in [2.75, 3.05) is 26.1 Å². The van der Waals surface area contributed by atoms with E-state index in [0.29, 0.717) is 35.3 Å². The van der Waals surface area contributed by atoms with Gasteiger partial charge in [-0.2, -0.15) is 0 Å². The number of thiazole rings is 1. The van der Waals surface area contributed by atoms with Crippen molar-refractivity contribution < 1.29 is 29.3 Å². The van der Waals surface area contributed by atoms with Gasteiger partial charge in [0.2, 0.25) is 0 Å². The van der Waals surface area contributed by atoms with Gasteiger partial charge in [0.15, 0.2) is 5.13 Å². The summed E-state index contributed by atoms with van der Waals surface area (Å²) in [5, 5.41) is 26.8. The van der Waals surface area contributed by atoms with Crippen molar-refractivity contribution in [2.24, 2.45) is 0 Å². The van der Waals surface area contributed by atoms with Crippen LogP contribution in [0.3, 0.4) is 0 Å². The van der Waals surface area contributed by atoms with Crippen molar-refractivity contribution in [3.63, 3.8) is 0 Å². The molecular formula is C21H21N3O6S. The van der Waals surface area contributed by atoms with E-state index >= 15 is 0 Å². The van der Waals surface area contributed by atoms with Gasteiger partial charge in [0.25, 0.3) is 11.8 Å². The van der Waals surface area contributed by atoms with Gasteiger partial charge >= 0.3 is 0 Å². The third kappa shape index (κ3) is 5.43. The van der Waals surface area contributed by atoms with Crippen molar-refractivity contribution in [1.29, 1.82) is 0 Å². The van der Waals surface area contributed by atoms with E-state index in [-0.39, 0.29) is 28.5 Å². The van der Waals surface area contributed by atoms with Crippen molar-refractivity contribution >= 4 is 28.3 Å². The van der Waals surface area contributed by atoms with Crippen LogP contribution in [-0.2, 0) is 6.42 Å². The van der Waals surface area contributed by atoms with Crippen LogP contribution in [-0.4, -0.2) is 47.8 Å². The van der Waals surface area contributed by atoms with Gasteiger partial charge in [-0.3, -0.25) is 14.9 Å². The first-order chi connectivity index (χ1) is 14.9. The van der Waals surface area contributed by atoms with Crippen LogP contribution in [0.4, 0.5) is 5.13 Å². The fourth-order valence-corrected chi connectivity index (χ4v) is 3.53. The Morgan fingerprint density at radius 1 is 0.968 bits per heavy atom. The summed E-state index contributed by atoms with van der Waals surface area (Å²) in [6.45, 7) is 0.301. The maximum absolute atomic E-state index is 12.5. The number of nitrogens with one attached hydrogen (secondary N) is 2. The molecule has 0 saturated carbocycles. The highest BCUT2D eigenvalue weighted by Gasteiger charge is 2.16. The Hall–Kier alpha value is -3.79. The Balaban J connectivity index is 1.57. The van der Waals surface area contributed by atoms with E-state index in [1.807, 2.05) is 0 Å². The monoisotopic (exact) mass is 443 g/mol. The van der Waals surface area contributed by atoms with E-state index in [4.69, 9.17) is 9.47 Å². The standard InChI is InChI=1S/C21H21N3O6S/c1-29-17-5-3-13(25)9-15(17)19(27)22-8-7-12-11-31-21(23-12)24-20(28)16-10-14(26)4-6-18(16)30-2/h3-6,9-11,25-26H,7-8H2,1-2H3,(H,22,27)(H,23,24,28). The van der Waals surface area contributed by atoms with Crippen LogP contribution < -0.4 is 20.1 Å². The molecule has 2 aromatic carbocycles. The van der Waals surface area contributed by atoms with Crippen molar-refractivity contribution in [3.8, 4) is 23.0 Å². The fourth-order valence-electron chi connectivity index (χ4n) is 2.79. The van der Waals surface area contributed by atoms with Gasteiger partial charge in [-0.1, -0.05) is 0 Å². The molecule has 10 heteroatoms. The molecule has 2 amide bonds. The molecule has 0 aliphatic carbocycles. The van der Waals surface area contributed by atoms with E-state index in [1.165, 1.54) is 62.0 Å². The smallest absolute Gasteiger partial charge is 0.261 e. The maximum Gasteiger partial charge on any atom is 0.261 e. The second-order valence-corrected chi connectivity index (χ2v) is 7.23. The Morgan fingerprint density at radius 2 is 1.55 bits per heavy atom. The molecule has 31 heavy (non-hydrogen) atoms. The number of hydrogen-bond acceptors (Lipinski definition) is 8. The highest BCUT2D eigenvalue weighted by atomic mass is 32.1. The Labute approximate surface area is 182 Å². The zero-order valence-corrected chi connectivity index (χ0v) is 17.7. The first-order valence-corrected chi connectivity index (χ1v) is 10.1. The van der Waals surface area contributed by atoms with Gasteiger partial charge in [-0.05, 0) is 36.4 Å². The first-order valence-electron chi connectivity index (χ1n) is 9.19. The quantitative estimate of drug-likeness (QED) is 0.421. The van der Waals surface area contributed by atoms with Gasteiger partial charge in [-0.15, -0.1) is 11.3 Å². The lowest BCUT2D eigenvalue weighted by molar-refractivity contribution is 0.0949. The minimum Gasteiger partial charge on any atom is -0.508 e. The predicted molar refractivity (Wildman–Crippen MR) is 115 cm³/mol. The number of aromatic hydroxyl groups is 2. The number of phenols is 2. The van der Waals surface area contributed by atoms with Crippen LogP contribution in [0.2, 0.25) is 0 Å². The number of aromatic nitrogens is 1. The lowest BCUT2D eigenvalue weighted by Gasteiger charge is -2.09. The average Bonchev–Trinajstić information content (AvgIpc) is 3.20. The molecule has 0 aliphatic rings. The molecule has 0 spiro atoms. The number of amides is 2. The summed E-state index contributed by atoms with van der Waals surface area (Å²) in [7, 11) is 2.88. The van der Waals surface area contributed by atoms with Crippen LogP contribution in [0.25, 0.3) is 0 Å². The third-order valence-corrected chi connectivity index (χ3v) is 5.10. The molecule has 0 saturated heterocycles. The van der Waals surface area contributed by atoms with E-state index in [9.17, 15) is 19.8 Å². The molecule has 3 rings (SSSR count). The summed E-state index contributed by atoms with van der Waals surface area (Å²) in [5.41, 5.74) is 1.10. The molecule has 9 nitrogen and oxygen atoms in total. The van der Waals surface area contributed by atoms with Gasteiger partial charge in [-0.25, -0.2) is 4.98 Å². The average molecular weight is 443 g/mol. The van der Waals surface area contributed by atoms with Crippen molar-refractivity contribution in [1.82, 2.24) is 10.3 Å². The highest BCUT2D eigenvalue weighted by molar-refractivity contribution is 7.14. The Morgan fingerprint density at radius 3 is 2.13 bits per heavy atom. The SMILES string of the molecule is COc1ccc(O)cc1C(=O)NCCc1csc(NC(=O)c2cc(O)ccc2OC)n1.